The van der Waals surface area contributed by atoms with Crippen molar-refractivity contribution in [1.29, 1.82) is 5.26 Å². The number of amidine groups is 5. The number of alkyl halides is 2. The normalized spacial score (nSPS) is 43.4. The number of rotatable bonds is 9. The molecule has 0 unspecified atom stereocenters. The van der Waals surface area contributed by atoms with Gasteiger partial charge in [-0.3, -0.25) is 25.0 Å². The summed E-state index contributed by atoms with van der Waals surface area (Å²) in [6, 6.07) is 0.0649. The fourth-order valence-corrected chi connectivity index (χ4v) is 16.1. The maximum atomic E-state index is 10.2. The predicted octanol–water partition coefficient (Wildman–Crippen LogP) is -0.875. The van der Waals surface area contributed by atoms with Crippen LogP contribution in [0, 0.1) is 23.7 Å². The molecular formula is C51H83Cl2N11O15S5. The Morgan fingerprint density at radius 3 is 1.44 bits per heavy atom. The number of aliphatic hydroxyl groups excluding tert-OH is 10. The van der Waals surface area contributed by atoms with Gasteiger partial charge in [0.25, 0.3) is 0 Å². The maximum absolute atomic E-state index is 10.2. The Bertz CT molecular complexity index is 2320. The van der Waals surface area contributed by atoms with E-state index in [9.17, 15) is 51.1 Å². The van der Waals surface area contributed by atoms with Crippen molar-refractivity contribution in [1.82, 2.24) is 26.2 Å². The van der Waals surface area contributed by atoms with Gasteiger partial charge in [-0.1, -0.05) is 90.9 Å². The van der Waals surface area contributed by atoms with E-state index in [0.29, 0.717) is 24.8 Å². The number of fused-ring (bicyclic) bond motifs is 5. The van der Waals surface area contributed by atoms with Gasteiger partial charge in [-0.25, -0.2) is 0 Å². The number of unbranched alkanes of at least 4 members (excludes halogenated alkanes) is 2. The molecule has 0 aromatic carbocycles. The largest absolute Gasteiger partial charge is 0.388 e. The molecule has 25 atom stereocenters. The highest BCUT2D eigenvalue weighted by Gasteiger charge is 2.54. The summed E-state index contributed by atoms with van der Waals surface area (Å²) in [6.07, 6.45) is -3.40. The molecule has 0 amide bonds. The van der Waals surface area contributed by atoms with Gasteiger partial charge < -0.3 is 101 Å². The van der Waals surface area contributed by atoms with E-state index in [1.54, 1.807) is 20.9 Å². The highest BCUT2D eigenvalue weighted by Crippen LogP contribution is 2.42. The number of thioether (sulfide) groups is 5. The number of halogens is 2. The molecule has 26 nitrogen and oxygen atoms in total. The summed E-state index contributed by atoms with van der Waals surface area (Å²) in [5, 5.41) is 124. The highest BCUT2D eigenvalue weighted by molar-refractivity contribution is 8.15. The lowest BCUT2D eigenvalue weighted by molar-refractivity contribution is -0.161. The zero-order valence-corrected chi connectivity index (χ0v) is 53.7. The van der Waals surface area contributed by atoms with Gasteiger partial charge >= 0.3 is 0 Å². The Morgan fingerprint density at radius 1 is 0.583 bits per heavy atom. The van der Waals surface area contributed by atoms with E-state index < -0.39 is 102 Å². The van der Waals surface area contributed by atoms with Gasteiger partial charge in [0.15, 0.2) is 31.9 Å². The summed E-state index contributed by atoms with van der Waals surface area (Å²) in [5.74, 6) is 2.50. The number of nitrogens with one attached hydrogen (secondary N) is 4. The SMILES string of the molecule is C#C[C@H]1O[C@@H]2SC(=NCC)N[C@@H]2[C@@H](O)[C@@H]1O.CCCCC[C@H]1O[C@@H]2SC(=NC)N[C@@H]2[C@@H](O)[C@@H]1O.CCN=C1N[C@@H]2[C@@H](O)[C@H](O)[C@@H](C#N)O[C@@H]2S1.CCN=C1N[C@@H]2[C@@H](O)[C@H](O)[C@@H](CCl)O[C@@H]2S1.CN(C)C1=N[C@@H]2[C@@H](O)[C@H](O)[C@@H](C(C)(C)Cl)O[C@@H]2S1. The van der Waals surface area contributed by atoms with E-state index in [2.05, 4.69) is 59.1 Å². The van der Waals surface area contributed by atoms with Crippen molar-refractivity contribution in [3.05, 3.63) is 0 Å². The van der Waals surface area contributed by atoms with E-state index in [-0.39, 0.29) is 57.3 Å². The number of nitrogens with zero attached hydrogens (tertiary/aromatic N) is 7. The van der Waals surface area contributed by atoms with Crippen LogP contribution in [0.15, 0.2) is 25.0 Å². The van der Waals surface area contributed by atoms with E-state index >= 15 is 0 Å². The van der Waals surface area contributed by atoms with Crippen LogP contribution in [0.25, 0.3) is 0 Å². The molecule has 0 aliphatic carbocycles. The van der Waals surface area contributed by atoms with Crippen molar-refractivity contribution in [2.45, 2.75) is 221 Å². The van der Waals surface area contributed by atoms with Crippen LogP contribution >= 0.6 is 82.0 Å². The third kappa shape index (κ3) is 17.3. The molecule has 10 aliphatic rings. The highest BCUT2D eigenvalue weighted by atomic mass is 35.5. The minimum atomic E-state index is -1.18. The number of terminal acetylenes is 1. The topological polar surface area (TPSA) is 385 Å². The first-order valence-electron chi connectivity index (χ1n) is 27.8. The number of hydrogen-bond donors (Lipinski definition) is 14. The summed E-state index contributed by atoms with van der Waals surface area (Å²) < 4.78 is 28.2. The Morgan fingerprint density at radius 2 is 1.01 bits per heavy atom. The van der Waals surface area contributed by atoms with Crippen LogP contribution < -0.4 is 21.3 Å². The van der Waals surface area contributed by atoms with Crippen LogP contribution in [-0.4, -0.2) is 282 Å². The van der Waals surface area contributed by atoms with Crippen molar-refractivity contribution < 1.29 is 74.7 Å². The van der Waals surface area contributed by atoms with E-state index in [1.807, 2.05) is 45.8 Å². The number of ether oxygens (including phenoxy) is 5. The van der Waals surface area contributed by atoms with Gasteiger partial charge in [0, 0.05) is 40.8 Å². The predicted molar refractivity (Wildman–Crippen MR) is 330 cm³/mol. The summed E-state index contributed by atoms with van der Waals surface area (Å²) >= 11 is 19.0. The monoisotopic (exact) mass is 1320 g/mol. The molecule has 10 heterocycles. The second-order valence-electron chi connectivity index (χ2n) is 21.2. The Kier molecular flexibility index (Phi) is 27.8. The van der Waals surface area contributed by atoms with Crippen LogP contribution in [0.3, 0.4) is 0 Å². The van der Waals surface area contributed by atoms with Gasteiger partial charge in [-0.15, -0.1) is 29.6 Å². The minimum Gasteiger partial charge on any atom is -0.388 e. The number of nitriles is 1. The summed E-state index contributed by atoms with van der Waals surface area (Å²) in [7, 11) is 5.47. The van der Waals surface area contributed by atoms with E-state index in [4.69, 9.17) is 58.6 Å². The van der Waals surface area contributed by atoms with Crippen LogP contribution in [-0.2, 0) is 23.7 Å². The van der Waals surface area contributed by atoms with Crippen LogP contribution in [0.5, 0.6) is 0 Å². The fourth-order valence-electron chi connectivity index (χ4n) is 9.89. The van der Waals surface area contributed by atoms with Crippen LogP contribution in [0.1, 0.15) is 67.2 Å². The van der Waals surface area contributed by atoms with Crippen molar-refractivity contribution in [2.24, 2.45) is 25.0 Å². The summed E-state index contributed by atoms with van der Waals surface area (Å²) in [5.41, 5.74) is -1.32. The van der Waals surface area contributed by atoms with Gasteiger partial charge in [-0.05, 0) is 41.0 Å². The van der Waals surface area contributed by atoms with Crippen molar-refractivity contribution in [3.63, 3.8) is 0 Å². The third-order valence-corrected chi connectivity index (χ3v) is 20.7. The zero-order valence-electron chi connectivity index (χ0n) is 48.1. The van der Waals surface area contributed by atoms with Gasteiger partial charge in [0.1, 0.15) is 113 Å². The first-order valence-corrected chi connectivity index (χ1v) is 33.1. The van der Waals surface area contributed by atoms with Crippen LogP contribution in [0.2, 0.25) is 0 Å². The molecule has 14 N–H and O–H groups in total. The minimum absolute atomic E-state index is 0.145. The van der Waals surface area contributed by atoms with Crippen molar-refractivity contribution >= 4 is 108 Å². The molecule has 0 radical (unpaired) electrons. The Balaban J connectivity index is 0.000000169. The lowest BCUT2D eigenvalue weighted by Crippen LogP contribution is -2.59. The smallest absolute Gasteiger partial charge is 0.173 e. The van der Waals surface area contributed by atoms with E-state index in [0.717, 1.165) is 46.4 Å². The fraction of sp³-hybridized carbons (Fsp3) is 0.843. The number of aliphatic imine (C=N–C) groups is 5. The first-order chi connectivity index (χ1) is 39.9. The second kappa shape index (κ2) is 32.7. The molecule has 476 valence electrons. The van der Waals surface area contributed by atoms with Crippen molar-refractivity contribution in [2.75, 3.05) is 46.7 Å². The molecule has 10 aliphatic heterocycles. The van der Waals surface area contributed by atoms with Gasteiger partial charge in [-0.2, -0.15) is 5.26 Å². The molecule has 0 saturated carbocycles. The van der Waals surface area contributed by atoms with Crippen LogP contribution in [0.4, 0.5) is 0 Å². The Labute approximate surface area is 522 Å². The first kappa shape index (κ1) is 71.2. The standard InChI is InChI=1S/C12H22N2O3S.C11H19ClN2O3S.C10H14N2O3S.C9H15ClN2O3S.C9H13N3O3S/c1-3-4-5-6-7-9(15)10(16)8-11(17-7)18-12(13-2)14-8;1-11(2,12)8-7(16)6(15)5-9(17-8)18-10(13-5)14(3)4;1-3-5-7(13)8(14)6-9(15-5)16-10(12-6)11-4-2;2*1-2-11-9-12-5-7(14)6(13)4(3-10)15-8(5)16-9/h7-11,15-16H,3-6H2,1-2H3,(H,13,14);5-9,15-16H,1-4H3;1,5-9,13-14H,4H2,2H3,(H,11,12);4-8,13-14H,2-3H2,1H3,(H,11,12);4-8,13-14H,2H2,1H3,(H,11,12)/t7-,8-,9-,10-,11-;5-,6-,7+,8+,9-;5-,6-,7-,8-,9-;2*4-,5-,6-,7-,8-/m11111/s1. The molecule has 0 aromatic rings. The van der Waals surface area contributed by atoms with Gasteiger partial charge in [0.05, 0.1) is 47.1 Å². The summed E-state index contributed by atoms with van der Waals surface area (Å²) in [6.45, 7) is 13.4. The quantitative estimate of drug-likeness (QED) is 0.0758. The molecule has 0 spiro atoms. The molecule has 0 bridgehead atoms. The number of aliphatic hydroxyl groups is 10. The van der Waals surface area contributed by atoms with Crippen molar-refractivity contribution in [3.8, 4) is 18.4 Å². The zero-order chi connectivity index (χ0) is 61.9. The molecule has 33 heteroatoms. The maximum Gasteiger partial charge on any atom is 0.173 e. The second-order valence-corrected chi connectivity index (χ2v) is 27.9. The molecule has 9 fully saturated rings. The molecule has 10 rings (SSSR count). The third-order valence-electron chi connectivity index (χ3n) is 14.4. The number of hydrogen-bond acceptors (Lipinski definition) is 27. The average molecular weight is 1320 g/mol. The summed E-state index contributed by atoms with van der Waals surface area (Å²) in [4.78, 5) is 22.2. The lowest BCUT2D eigenvalue weighted by atomic mass is 9.91. The average Bonchev–Trinajstić information content (AvgIpc) is 4.48. The molecule has 84 heavy (non-hydrogen) atoms. The van der Waals surface area contributed by atoms with Gasteiger partial charge in [0.2, 0.25) is 0 Å². The molecule has 0 aromatic heterocycles. The molecular weight excluding hydrogens is 1240 g/mol. The lowest BCUT2D eigenvalue weighted by Gasteiger charge is -2.42. The Hall–Kier alpha value is -1.87. The molecule has 9 saturated heterocycles. The van der Waals surface area contributed by atoms with E-state index in [1.165, 1.54) is 58.8 Å².